The van der Waals surface area contributed by atoms with E-state index < -0.39 is 11.4 Å². The largest absolute Gasteiger partial charge is 0.425 e. The molecule has 4 nitrogen and oxygen atoms in total. The van der Waals surface area contributed by atoms with Crippen molar-refractivity contribution in [3.8, 4) is 5.75 Å². The molecule has 4 heteroatoms. The number of esters is 1. The van der Waals surface area contributed by atoms with Gasteiger partial charge < -0.3 is 4.74 Å². The number of para-hydroxylation sites is 1. The molecule has 2 heterocycles. The minimum Gasteiger partial charge on any atom is -0.425 e. The fourth-order valence-corrected chi connectivity index (χ4v) is 4.53. The molecular weight excluding hydrogens is 338 g/mol. The number of carbonyl (C=O) groups excluding carboxylic acids is 2. The Balaban J connectivity index is 1.66. The van der Waals surface area contributed by atoms with Gasteiger partial charge in [0.15, 0.2) is 5.78 Å². The van der Waals surface area contributed by atoms with Gasteiger partial charge in [-0.05, 0) is 24.6 Å². The number of hydrogen-bond donors (Lipinski definition) is 0. The van der Waals surface area contributed by atoms with Crippen LogP contribution in [0, 0.1) is 5.41 Å². The molecule has 3 aromatic rings. The van der Waals surface area contributed by atoms with Gasteiger partial charge in [0, 0.05) is 34.9 Å². The molecule has 0 unspecified atom stereocenters. The first-order chi connectivity index (χ1) is 13.2. The average molecular weight is 355 g/mol. The van der Waals surface area contributed by atoms with Crippen LogP contribution in [-0.4, -0.2) is 16.7 Å². The molecule has 1 aliphatic carbocycles. The molecule has 1 saturated carbocycles. The molecule has 0 spiro atoms. The Morgan fingerprint density at radius 3 is 2.48 bits per heavy atom. The molecule has 3 atom stereocenters. The van der Waals surface area contributed by atoms with Crippen molar-refractivity contribution < 1.29 is 14.3 Å². The normalized spacial score (nSPS) is 25.6. The van der Waals surface area contributed by atoms with Gasteiger partial charge in [0.05, 0.1) is 0 Å². The van der Waals surface area contributed by atoms with E-state index in [1.807, 2.05) is 54.6 Å². The Morgan fingerprint density at radius 2 is 1.70 bits per heavy atom. The first kappa shape index (κ1) is 15.9. The van der Waals surface area contributed by atoms with Crippen molar-refractivity contribution in [3.05, 3.63) is 95.8 Å². The molecule has 2 aromatic carbocycles. The van der Waals surface area contributed by atoms with Crippen LogP contribution in [0.4, 0.5) is 0 Å². The van der Waals surface area contributed by atoms with Gasteiger partial charge >= 0.3 is 5.97 Å². The average Bonchev–Trinajstić information content (AvgIpc) is 2.70. The number of aromatic nitrogens is 1. The molecule has 0 bridgehead atoms. The zero-order valence-electron chi connectivity index (χ0n) is 14.5. The first-order valence-corrected chi connectivity index (χ1v) is 9.04. The van der Waals surface area contributed by atoms with E-state index in [2.05, 4.69) is 4.98 Å². The first-order valence-electron chi connectivity index (χ1n) is 9.04. The summed E-state index contributed by atoms with van der Waals surface area (Å²) in [6.07, 6.45) is 2.16. The van der Waals surface area contributed by atoms with Gasteiger partial charge in [-0.2, -0.15) is 0 Å². The number of pyridine rings is 1. The van der Waals surface area contributed by atoms with E-state index in [4.69, 9.17) is 4.74 Å². The van der Waals surface area contributed by atoms with Crippen molar-refractivity contribution in [1.29, 1.82) is 0 Å². The lowest BCUT2D eigenvalue weighted by Gasteiger charge is -2.54. The monoisotopic (exact) mass is 355 g/mol. The van der Waals surface area contributed by atoms with Crippen LogP contribution in [0.5, 0.6) is 5.75 Å². The van der Waals surface area contributed by atoms with Gasteiger partial charge in [-0.15, -0.1) is 0 Å². The minimum atomic E-state index is -1.18. The summed E-state index contributed by atoms with van der Waals surface area (Å²) in [4.78, 5) is 31.0. The smallest absolute Gasteiger partial charge is 0.326 e. The Hall–Kier alpha value is -3.27. The standard InChI is InChI=1S/C23H17NO3/c25-21(15-8-2-1-3-9-15)23-14-17(18-11-6-7-13-24-18)20(23)16-10-4-5-12-19(16)27-22(23)26/h1-13,17,20H,14H2/t17-,20+,23-/m0/s1. The van der Waals surface area contributed by atoms with Crippen molar-refractivity contribution in [1.82, 2.24) is 4.98 Å². The summed E-state index contributed by atoms with van der Waals surface area (Å²) < 4.78 is 5.62. The number of ketones is 1. The number of Topliss-reactive ketones (excluding diaryl/α,β-unsaturated/α-hetero) is 1. The summed E-state index contributed by atoms with van der Waals surface area (Å²) in [7, 11) is 0. The molecule has 2 aliphatic rings. The van der Waals surface area contributed by atoms with E-state index in [-0.39, 0.29) is 17.6 Å². The fourth-order valence-electron chi connectivity index (χ4n) is 4.53. The molecule has 1 fully saturated rings. The molecule has 0 radical (unpaired) electrons. The highest BCUT2D eigenvalue weighted by Crippen LogP contribution is 2.66. The second-order valence-corrected chi connectivity index (χ2v) is 7.14. The van der Waals surface area contributed by atoms with Crippen molar-refractivity contribution in [3.63, 3.8) is 0 Å². The van der Waals surface area contributed by atoms with Crippen LogP contribution in [-0.2, 0) is 4.79 Å². The molecule has 0 saturated heterocycles. The quantitative estimate of drug-likeness (QED) is 0.307. The number of hydrogen-bond acceptors (Lipinski definition) is 4. The van der Waals surface area contributed by atoms with E-state index in [1.165, 1.54) is 0 Å². The zero-order valence-corrected chi connectivity index (χ0v) is 14.5. The van der Waals surface area contributed by atoms with Crippen LogP contribution in [0.1, 0.15) is 39.9 Å². The second-order valence-electron chi connectivity index (χ2n) is 7.14. The Labute approximate surface area is 156 Å². The number of ether oxygens (including phenoxy) is 1. The van der Waals surface area contributed by atoms with Gasteiger partial charge in [-0.3, -0.25) is 14.6 Å². The highest BCUT2D eigenvalue weighted by atomic mass is 16.5. The van der Waals surface area contributed by atoms with E-state index in [9.17, 15) is 9.59 Å². The summed E-state index contributed by atoms with van der Waals surface area (Å²) >= 11 is 0. The Morgan fingerprint density at radius 1 is 0.963 bits per heavy atom. The topological polar surface area (TPSA) is 56.3 Å². The SMILES string of the molecule is O=C1Oc2ccccc2[C@@H]2[C@H](c3ccccn3)C[C@]12C(=O)c1ccccc1. The maximum Gasteiger partial charge on any atom is 0.326 e. The van der Waals surface area contributed by atoms with Crippen LogP contribution in [0.3, 0.4) is 0 Å². The predicted molar refractivity (Wildman–Crippen MR) is 99.6 cm³/mol. The maximum absolute atomic E-state index is 13.5. The summed E-state index contributed by atoms with van der Waals surface area (Å²) in [6, 6.07) is 22.3. The lowest BCUT2D eigenvalue weighted by Crippen LogP contribution is -2.59. The third-order valence-electron chi connectivity index (χ3n) is 5.80. The maximum atomic E-state index is 13.5. The lowest BCUT2D eigenvalue weighted by atomic mass is 9.47. The van der Waals surface area contributed by atoms with Gasteiger partial charge in [-0.1, -0.05) is 54.6 Å². The molecule has 27 heavy (non-hydrogen) atoms. The van der Waals surface area contributed by atoms with E-state index in [1.54, 1.807) is 24.4 Å². The number of nitrogens with zero attached hydrogens (tertiary/aromatic N) is 1. The van der Waals surface area contributed by atoms with E-state index >= 15 is 0 Å². The van der Waals surface area contributed by atoms with Gasteiger partial charge in [0.25, 0.3) is 0 Å². The minimum absolute atomic E-state index is 0.00728. The van der Waals surface area contributed by atoms with Crippen LogP contribution >= 0.6 is 0 Å². The highest BCUT2D eigenvalue weighted by molar-refractivity contribution is 6.15. The lowest BCUT2D eigenvalue weighted by molar-refractivity contribution is -0.153. The third-order valence-corrected chi connectivity index (χ3v) is 5.80. The van der Waals surface area contributed by atoms with Gasteiger partial charge in [-0.25, -0.2) is 0 Å². The molecule has 0 amide bonds. The second kappa shape index (κ2) is 5.88. The van der Waals surface area contributed by atoms with Crippen LogP contribution in [0.25, 0.3) is 0 Å². The molecule has 0 N–H and O–H groups in total. The summed E-state index contributed by atoms with van der Waals surface area (Å²) in [5.41, 5.74) is 1.17. The van der Waals surface area contributed by atoms with Crippen molar-refractivity contribution in [2.75, 3.05) is 0 Å². The molecule has 132 valence electrons. The summed E-state index contributed by atoms with van der Waals surface area (Å²) in [5.74, 6) is -0.331. The van der Waals surface area contributed by atoms with Gasteiger partial charge in [0.1, 0.15) is 11.2 Å². The van der Waals surface area contributed by atoms with Crippen LogP contribution in [0.2, 0.25) is 0 Å². The molecule has 1 aromatic heterocycles. The number of rotatable bonds is 3. The number of benzene rings is 2. The number of fused-ring (bicyclic) bond motifs is 3. The Kier molecular flexibility index (Phi) is 3.47. The molecule has 1 aliphatic heterocycles. The summed E-state index contributed by atoms with van der Waals surface area (Å²) in [6.45, 7) is 0. The van der Waals surface area contributed by atoms with Crippen molar-refractivity contribution in [2.24, 2.45) is 5.41 Å². The molecular formula is C23H17NO3. The Bertz CT molecular complexity index is 1030. The van der Waals surface area contributed by atoms with Gasteiger partial charge in [0.2, 0.25) is 0 Å². The zero-order chi connectivity index (χ0) is 18.4. The fraction of sp³-hybridized carbons (Fsp3) is 0.174. The third kappa shape index (κ3) is 2.19. The van der Waals surface area contributed by atoms with Crippen LogP contribution < -0.4 is 4.74 Å². The summed E-state index contributed by atoms with van der Waals surface area (Å²) in [5, 5.41) is 0. The van der Waals surface area contributed by atoms with Crippen molar-refractivity contribution in [2.45, 2.75) is 18.3 Å². The van der Waals surface area contributed by atoms with Crippen molar-refractivity contribution >= 4 is 11.8 Å². The highest BCUT2D eigenvalue weighted by Gasteiger charge is 2.67. The van der Waals surface area contributed by atoms with Crippen LogP contribution in [0.15, 0.2) is 79.0 Å². The van der Waals surface area contributed by atoms with E-state index in [0.717, 1.165) is 11.3 Å². The predicted octanol–water partition coefficient (Wildman–Crippen LogP) is 4.14. The van der Waals surface area contributed by atoms with E-state index in [0.29, 0.717) is 17.7 Å². The number of carbonyl (C=O) groups is 2. The molecule has 5 rings (SSSR count).